The van der Waals surface area contributed by atoms with Crippen LogP contribution in [0.4, 0.5) is 0 Å². The van der Waals surface area contributed by atoms with Crippen molar-refractivity contribution in [2.24, 2.45) is 0 Å². The van der Waals surface area contributed by atoms with E-state index in [-0.39, 0.29) is 0 Å². The average molecular weight is 281 g/mol. The van der Waals surface area contributed by atoms with Crippen molar-refractivity contribution in [1.82, 2.24) is 5.32 Å². The van der Waals surface area contributed by atoms with Gasteiger partial charge in [-0.05, 0) is 31.7 Å². The molecule has 4 heteroatoms. The molecule has 1 fully saturated rings. The fourth-order valence-electron chi connectivity index (χ4n) is 2.58. The van der Waals surface area contributed by atoms with Gasteiger partial charge < -0.3 is 19.2 Å². The molecule has 0 aromatic carbocycles. The zero-order valence-corrected chi connectivity index (χ0v) is 12.9. The van der Waals surface area contributed by atoms with Crippen LogP contribution in [0.3, 0.4) is 0 Å². The van der Waals surface area contributed by atoms with E-state index < -0.39 is 0 Å². The van der Waals surface area contributed by atoms with Gasteiger partial charge in [0.05, 0.1) is 18.5 Å². The van der Waals surface area contributed by atoms with E-state index in [1.54, 1.807) is 7.11 Å². The lowest BCUT2D eigenvalue weighted by atomic mass is 9.95. The summed E-state index contributed by atoms with van der Waals surface area (Å²) in [4.78, 5) is 0. The molecule has 0 spiro atoms. The third-order valence-corrected chi connectivity index (χ3v) is 3.80. The van der Waals surface area contributed by atoms with Crippen LogP contribution in [-0.2, 0) is 22.6 Å². The van der Waals surface area contributed by atoms with Gasteiger partial charge in [-0.1, -0.05) is 13.8 Å². The normalized spacial score (nSPS) is 23.4. The fraction of sp³-hybridized carbons (Fsp3) is 0.750. The van der Waals surface area contributed by atoms with E-state index in [2.05, 4.69) is 25.2 Å². The standard InChI is InChI=1S/C16H27NO3/c1-12(2)17-9-13-7-16(19-10-13)11-20-15-6-4-5-14(8-15)18-3/h7,10,12,14-15,17H,4-6,8-9,11H2,1-3H3. The maximum Gasteiger partial charge on any atom is 0.129 e. The van der Waals surface area contributed by atoms with Crippen molar-refractivity contribution in [3.8, 4) is 0 Å². The molecule has 1 aromatic heterocycles. The molecule has 4 nitrogen and oxygen atoms in total. The minimum absolute atomic E-state index is 0.302. The van der Waals surface area contributed by atoms with Crippen LogP contribution in [-0.4, -0.2) is 25.4 Å². The van der Waals surface area contributed by atoms with E-state index in [9.17, 15) is 0 Å². The number of hydrogen-bond acceptors (Lipinski definition) is 4. The van der Waals surface area contributed by atoms with Crippen molar-refractivity contribution in [3.05, 3.63) is 23.7 Å². The molecule has 1 heterocycles. The third-order valence-electron chi connectivity index (χ3n) is 3.80. The molecule has 0 saturated heterocycles. The van der Waals surface area contributed by atoms with E-state index in [0.29, 0.717) is 24.9 Å². The largest absolute Gasteiger partial charge is 0.467 e. The van der Waals surface area contributed by atoms with Gasteiger partial charge in [0.1, 0.15) is 12.4 Å². The Balaban J connectivity index is 1.73. The Morgan fingerprint density at radius 1 is 1.35 bits per heavy atom. The van der Waals surface area contributed by atoms with Crippen LogP contribution in [0.1, 0.15) is 50.9 Å². The molecular formula is C16H27NO3. The summed E-state index contributed by atoms with van der Waals surface area (Å²) >= 11 is 0. The summed E-state index contributed by atoms with van der Waals surface area (Å²) in [5.41, 5.74) is 1.18. The lowest BCUT2D eigenvalue weighted by Gasteiger charge is -2.27. The Morgan fingerprint density at radius 2 is 2.15 bits per heavy atom. The lowest BCUT2D eigenvalue weighted by Crippen LogP contribution is -2.27. The average Bonchev–Trinajstić information content (AvgIpc) is 2.91. The Bertz CT molecular complexity index is 389. The monoisotopic (exact) mass is 281 g/mol. The molecule has 1 aromatic rings. The Kier molecular flexibility index (Phi) is 6.07. The molecule has 1 aliphatic rings. The Hall–Kier alpha value is -0.840. The summed E-state index contributed by atoms with van der Waals surface area (Å²) in [6.07, 6.45) is 6.94. The second kappa shape index (κ2) is 7.81. The molecule has 2 atom stereocenters. The van der Waals surface area contributed by atoms with Crippen LogP contribution in [0.15, 0.2) is 16.7 Å². The van der Waals surface area contributed by atoms with Gasteiger partial charge in [-0.15, -0.1) is 0 Å². The van der Waals surface area contributed by atoms with E-state index in [0.717, 1.165) is 31.6 Å². The van der Waals surface area contributed by atoms with Crippen molar-refractivity contribution in [1.29, 1.82) is 0 Å². The van der Waals surface area contributed by atoms with Gasteiger partial charge in [-0.2, -0.15) is 0 Å². The van der Waals surface area contributed by atoms with Crippen LogP contribution in [0.2, 0.25) is 0 Å². The van der Waals surface area contributed by atoms with Gasteiger partial charge >= 0.3 is 0 Å². The highest BCUT2D eigenvalue weighted by Crippen LogP contribution is 2.24. The zero-order valence-electron chi connectivity index (χ0n) is 12.9. The van der Waals surface area contributed by atoms with Crippen LogP contribution < -0.4 is 5.32 Å². The van der Waals surface area contributed by atoms with Crippen molar-refractivity contribution in [3.63, 3.8) is 0 Å². The van der Waals surface area contributed by atoms with Crippen molar-refractivity contribution in [2.45, 2.75) is 70.9 Å². The summed E-state index contributed by atoms with van der Waals surface area (Å²) in [5.74, 6) is 0.907. The molecule has 1 saturated carbocycles. The highest BCUT2D eigenvalue weighted by molar-refractivity contribution is 5.12. The maximum atomic E-state index is 5.95. The van der Waals surface area contributed by atoms with Crippen molar-refractivity contribution < 1.29 is 13.9 Å². The fourth-order valence-corrected chi connectivity index (χ4v) is 2.58. The first kappa shape index (κ1) is 15.5. The molecule has 0 radical (unpaired) electrons. The van der Waals surface area contributed by atoms with Gasteiger partial charge in [0.2, 0.25) is 0 Å². The number of methoxy groups -OCH3 is 1. The predicted molar refractivity (Wildman–Crippen MR) is 78.5 cm³/mol. The SMILES string of the molecule is COC1CCCC(OCc2cc(CNC(C)C)co2)C1. The summed E-state index contributed by atoms with van der Waals surface area (Å²) in [6, 6.07) is 2.56. The number of nitrogens with one attached hydrogen (secondary N) is 1. The molecule has 0 amide bonds. The van der Waals surface area contributed by atoms with Gasteiger partial charge in [-0.25, -0.2) is 0 Å². The zero-order chi connectivity index (χ0) is 14.4. The number of hydrogen-bond donors (Lipinski definition) is 1. The summed E-state index contributed by atoms with van der Waals surface area (Å²) in [5, 5.41) is 3.38. The molecule has 114 valence electrons. The third kappa shape index (κ3) is 4.93. The quantitative estimate of drug-likeness (QED) is 0.833. The topological polar surface area (TPSA) is 43.6 Å². The highest BCUT2D eigenvalue weighted by Gasteiger charge is 2.22. The van der Waals surface area contributed by atoms with E-state index in [1.807, 2.05) is 6.26 Å². The molecule has 20 heavy (non-hydrogen) atoms. The second-order valence-corrected chi connectivity index (χ2v) is 5.91. The van der Waals surface area contributed by atoms with E-state index in [1.165, 1.54) is 12.0 Å². The first-order valence-electron chi connectivity index (χ1n) is 7.61. The van der Waals surface area contributed by atoms with Gasteiger partial charge in [-0.3, -0.25) is 0 Å². The molecule has 2 rings (SSSR count). The molecule has 0 aliphatic heterocycles. The summed E-state index contributed by atoms with van der Waals surface area (Å²) in [7, 11) is 1.79. The molecule has 0 bridgehead atoms. The second-order valence-electron chi connectivity index (χ2n) is 5.91. The first-order valence-corrected chi connectivity index (χ1v) is 7.61. The smallest absolute Gasteiger partial charge is 0.129 e. The number of ether oxygens (including phenoxy) is 2. The van der Waals surface area contributed by atoms with Crippen LogP contribution in [0.5, 0.6) is 0 Å². The van der Waals surface area contributed by atoms with Gasteiger partial charge in [0.15, 0.2) is 0 Å². The highest BCUT2D eigenvalue weighted by atomic mass is 16.5. The lowest BCUT2D eigenvalue weighted by molar-refractivity contribution is -0.0405. The Labute approximate surface area is 121 Å². The number of rotatable bonds is 7. The first-order chi connectivity index (χ1) is 9.67. The van der Waals surface area contributed by atoms with Crippen LogP contribution in [0, 0.1) is 0 Å². The minimum atomic E-state index is 0.302. The summed E-state index contributed by atoms with van der Waals surface area (Å²) in [6.45, 7) is 5.68. The van der Waals surface area contributed by atoms with E-state index >= 15 is 0 Å². The predicted octanol–water partition coefficient (Wildman–Crippen LogP) is 3.25. The van der Waals surface area contributed by atoms with Crippen LogP contribution in [0.25, 0.3) is 0 Å². The van der Waals surface area contributed by atoms with Gasteiger partial charge in [0.25, 0.3) is 0 Å². The maximum absolute atomic E-state index is 5.95. The van der Waals surface area contributed by atoms with Crippen molar-refractivity contribution in [2.75, 3.05) is 7.11 Å². The minimum Gasteiger partial charge on any atom is -0.467 e. The molecule has 1 N–H and O–H groups in total. The van der Waals surface area contributed by atoms with Crippen LogP contribution >= 0.6 is 0 Å². The number of furan rings is 1. The molecule has 2 unspecified atom stereocenters. The van der Waals surface area contributed by atoms with Crippen molar-refractivity contribution >= 4 is 0 Å². The Morgan fingerprint density at radius 3 is 2.90 bits per heavy atom. The summed E-state index contributed by atoms with van der Waals surface area (Å²) < 4.78 is 16.9. The van der Waals surface area contributed by atoms with E-state index in [4.69, 9.17) is 13.9 Å². The van der Waals surface area contributed by atoms with Gasteiger partial charge in [0, 0.05) is 25.3 Å². The molecular weight excluding hydrogens is 254 g/mol. The molecule has 1 aliphatic carbocycles.